The van der Waals surface area contributed by atoms with Crippen LogP contribution in [0, 0.1) is 28.1 Å². The van der Waals surface area contributed by atoms with Crippen LogP contribution in [0.15, 0.2) is 11.6 Å². The van der Waals surface area contributed by atoms with Gasteiger partial charge >= 0.3 is 0 Å². The first-order valence-corrected chi connectivity index (χ1v) is 8.36. The summed E-state index contributed by atoms with van der Waals surface area (Å²) in [6.07, 6.45) is 6.60. The third kappa shape index (κ3) is 1.98. The number of carbonyl (C=O) groups is 2. The topological polar surface area (TPSA) is 34.1 Å². The molecule has 0 radical (unpaired) electrons. The van der Waals surface area contributed by atoms with Gasteiger partial charge in [-0.1, -0.05) is 32.4 Å². The van der Waals surface area contributed by atoms with Crippen LogP contribution in [-0.4, -0.2) is 11.6 Å². The molecule has 3 aliphatic rings. The standard InChI is InChI=1S/C19H28O2/c1-17(2)10-12-6-7-13-14(19(12,5)16(21)11-17)8-9-15(20)18(13,3)4/h7,12,14H,6,8-11H2,1-5H3/t12-,14-,19+/m0/s1. The normalized spacial score (nSPS) is 41.1. The minimum Gasteiger partial charge on any atom is -0.299 e. The van der Waals surface area contributed by atoms with Crippen LogP contribution in [0.2, 0.25) is 0 Å². The van der Waals surface area contributed by atoms with Crippen molar-refractivity contribution in [2.45, 2.75) is 66.7 Å². The highest BCUT2D eigenvalue weighted by Crippen LogP contribution is 2.60. The van der Waals surface area contributed by atoms with Crippen molar-refractivity contribution in [3.8, 4) is 0 Å². The number of ketones is 2. The average molecular weight is 288 g/mol. The smallest absolute Gasteiger partial charge is 0.142 e. The third-order valence-electron chi connectivity index (χ3n) is 6.69. The predicted octanol–water partition coefficient (Wildman–Crippen LogP) is 4.33. The van der Waals surface area contributed by atoms with Crippen LogP contribution in [0.5, 0.6) is 0 Å². The van der Waals surface area contributed by atoms with Gasteiger partial charge < -0.3 is 0 Å². The van der Waals surface area contributed by atoms with Gasteiger partial charge in [-0.2, -0.15) is 0 Å². The van der Waals surface area contributed by atoms with Crippen LogP contribution in [0.1, 0.15) is 66.7 Å². The maximum absolute atomic E-state index is 13.0. The van der Waals surface area contributed by atoms with E-state index in [1.165, 1.54) is 5.57 Å². The Bertz CT molecular complexity index is 538. The molecule has 0 aliphatic heterocycles. The highest BCUT2D eigenvalue weighted by Gasteiger charge is 2.58. The van der Waals surface area contributed by atoms with Crippen molar-refractivity contribution in [1.82, 2.24) is 0 Å². The molecule has 116 valence electrons. The number of rotatable bonds is 0. The lowest BCUT2D eigenvalue weighted by Crippen LogP contribution is -2.55. The van der Waals surface area contributed by atoms with E-state index in [1.807, 2.05) is 13.8 Å². The summed E-state index contributed by atoms with van der Waals surface area (Å²) in [7, 11) is 0. The average Bonchev–Trinajstić information content (AvgIpc) is 2.35. The fourth-order valence-corrected chi connectivity index (χ4v) is 5.24. The van der Waals surface area contributed by atoms with E-state index >= 15 is 0 Å². The zero-order valence-corrected chi connectivity index (χ0v) is 14.1. The molecule has 3 atom stereocenters. The Kier molecular flexibility index (Phi) is 3.07. The highest BCUT2D eigenvalue weighted by atomic mass is 16.1. The number of hydrogen-bond acceptors (Lipinski definition) is 2. The molecule has 0 N–H and O–H groups in total. The Balaban J connectivity index is 2.06. The van der Waals surface area contributed by atoms with Gasteiger partial charge in [0.15, 0.2) is 0 Å². The van der Waals surface area contributed by atoms with Crippen LogP contribution in [0.3, 0.4) is 0 Å². The molecule has 0 spiro atoms. The van der Waals surface area contributed by atoms with E-state index in [0.29, 0.717) is 30.3 Å². The molecule has 0 bridgehead atoms. The van der Waals surface area contributed by atoms with Crippen molar-refractivity contribution in [2.24, 2.45) is 28.1 Å². The molecule has 0 aromatic rings. The van der Waals surface area contributed by atoms with Gasteiger partial charge in [0, 0.05) is 23.7 Å². The Morgan fingerprint density at radius 2 is 1.71 bits per heavy atom. The molecular weight excluding hydrogens is 260 g/mol. The molecule has 3 aliphatic carbocycles. The van der Waals surface area contributed by atoms with Crippen molar-refractivity contribution in [3.63, 3.8) is 0 Å². The molecule has 0 amide bonds. The van der Waals surface area contributed by atoms with E-state index in [9.17, 15) is 9.59 Å². The molecular formula is C19H28O2. The van der Waals surface area contributed by atoms with E-state index < -0.39 is 0 Å². The van der Waals surface area contributed by atoms with Crippen LogP contribution in [0.4, 0.5) is 0 Å². The first-order valence-electron chi connectivity index (χ1n) is 8.36. The number of Topliss-reactive ketones (excluding diaryl/α,β-unsaturated/α-hetero) is 2. The van der Waals surface area contributed by atoms with E-state index in [1.54, 1.807) is 0 Å². The summed E-state index contributed by atoms with van der Waals surface area (Å²) < 4.78 is 0. The third-order valence-corrected chi connectivity index (χ3v) is 6.69. The van der Waals surface area contributed by atoms with Crippen LogP contribution in [-0.2, 0) is 9.59 Å². The Morgan fingerprint density at radius 3 is 2.38 bits per heavy atom. The van der Waals surface area contributed by atoms with Crippen LogP contribution in [0.25, 0.3) is 0 Å². The molecule has 0 unspecified atom stereocenters. The Labute approximate surface area is 128 Å². The minimum absolute atomic E-state index is 0.132. The molecule has 21 heavy (non-hydrogen) atoms. The Morgan fingerprint density at radius 1 is 1.05 bits per heavy atom. The predicted molar refractivity (Wildman–Crippen MR) is 83.8 cm³/mol. The van der Waals surface area contributed by atoms with Gasteiger partial charge in [-0.05, 0) is 50.4 Å². The molecule has 0 heterocycles. The van der Waals surface area contributed by atoms with E-state index in [-0.39, 0.29) is 22.2 Å². The van der Waals surface area contributed by atoms with E-state index in [2.05, 4.69) is 26.8 Å². The zero-order valence-electron chi connectivity index (χ0n) is 14.1. The maximum Gasteiger partial charge on any atom is 0.142 e. The summed E-state index contributed by atoms with van der Waals surface area (Å²) in [6, 6.07) is 0. The fraction of sp³-hybridized carbons (Fsp3) is 0.789. The van der Waals surface area contributed by atoms with Gasteiger partial charge in [0.2, 0.25) is 0 Å². The van der Waals surface area contributed by atoms with Gasteiger partial charge in [-0.25, -0.2) is 0 Å². The largest absolute Gasteiger partial charge is 0.299 e. The summed E-state index contributed by atoms with van der Waals surface area (Å²) in [5.41, 5.74) is 0.777. The second kappa shape index (κ2) is 4.30. The monoisotopic (exact) mass is 288 g/mol. The minimum atomic E-state index is -0.371. The molecule has 0 aromatic carbocycles. The van der Waals surface area contributed by atoms with Crippen LogP contribution < -0.4 is 0 Å². The van der Waals surface area contributed by atoms with E-state index in [4.69, 9.17) is 0 Å². The number of hydrogen-bond donors (Lipinski definition) is 0. The number of fused-ring (bicyclic) bond motifs is 3. The lowest BCUT2D eigenvalue weighted by Gasteiger charge is -2.56. The van der Waals surface area contributed by atoms with Gasteiger partial charge in [0.25, 0.3) is 0 Å². The first-order chi connectivity index (χ1) is 9.59. The molecule has 2 fully saturated rings. The summed E-state index contributed by atoms with van der Waals surface area (Å²) in [6.45, 7) is 10.7. The van der Waals surface area contributed by atoms with Gasteiger partial charge in [-0.15, -0.1) is 0 Å². The van der Waals surface area contributed by atoms with Gasteiger partial charge in [-0.3, -0.25) is 9.59 Å². The molecule has 0 aromatic heterocycles. The first kappa shape index (κ1) is 15.0. The summed E-state index contributed by atoms with van der Waals surface area (Å²) in [5.74, 6) is 1.51. The van der Waals surface area contributed by atoms with Crippen molar-refractivity contribution in [1.29, 1.82) is 0 Å². The highest BCUT2D eigenvalue weighted by molar-refractivity contribution is 5.91. The second-order valence-corrected chi connectivity index (χ2v) is 8.98. The second-order valence-electron chi connectivity index (χ2n) is 8.98. The quantitative estimate of drug-likeness (QED) is 0.622. The molecule has 2 nitrogen and oxygen atoms in total. The SMILES string of the molecule is CC1(C)CC(=O)[C@]2(C)[C@@H](CC=C3[C@@H]2CCC(=O)C3(C)C)C1. The van der Waals surface area contributed by atoms with E-state index in [0.717, 1.165) is 19.3 Å². The summed E-state index contributed by atoms with van der Waals surface area (Å²) in [5, 5.41) is 0. The van der Waals surface area contributed by atoms with Crippen molar-refractivity contribution >= 4 is 11.6 Å². The number of carbonyl (C=O) groups excluding carboxylic acids is 2. The zero-order chi connectivity index (χ0) is 15.6. The lowest BCUT2D eigenvalue weighted by atomic mass is 9.46. The summed E-state index contributed by atoms with van der Waals surface area (Å²) >= 11 is 0. The van der Waals surface area contributed by atoms with Gasteiger partial charge in [0.05, 0.1) is 0 Å². The maximum atomic E-state index is 13.0. The molecule has 3 rings (SSSR count). The van der Waals surface area contributed by atoms with Crippen LogP contribution >= 0.6 is 0 Å². The molecule has 2 saturated carbocycles. The number of allylic oxidation sites excluding steroid dienone is 2. The van der Waals surface area contributed by atoms with Crippen molar-refractivity contribution in [3.05, 3.63) is 11.6 Å². The fourth-order valence-electron chi connectivity index (χ4n) is 5.24. The molecule has 0 saturated heterocycles. The Hall–Kier alpha value is -0.920. The molecule has 2 heteroatoms. The van der Waals surface area contributed by atoms with Crippen molar-refractivity contribution < 1.29 is 9.59 Å². The lowest BCUT2D eigenvalue weighted by molar-refractivity contribution is -0.147. The van der Waals surface area contributed by atoms with Gasteiger partial charge in [0.1, 0.15) is 11.6 Å². The summed E-state index contributed by atoms with van der Waals surface area (Å²) in [4.78, 5) is 25.3. The van der Waals surface area contributed by atoms with Crippen molar-refractivity contribution in [2.75, 3.05) is 0 Å².